The van der Waals surface area contributed by atoms with E-state index in [0.29, 0.717) is 6.54 Å². The molecule has 0 amide bonds. The third-order valence-corrected chi connectivity index (χ3v) is 3.16. The molecule has 20 heavy (non-hydrogen) atoms. The molecule has 4 heteroatoms. The maximum absolute atomic E-state index is 13.7. The van der Waals surface area contributed by atoms with Crippen molar-refractivity contribution in [1.29, 1.82) is 0 Å². The Bertz CT molecular complexity index is 586. The summed E-state index contributed by atoms with van der Waals surface area (Å²) in [6.45, 7) is 0.629. The molecule has 2 rings (SSSR count). The molecule has 2 aromatic rings. The fourth-order valence-electron chi connectivity index (χ4n) is 2.18. The van der Waals surface area contributed by atoms with Crippen LogP contribution in [0.4, 0.5) is 15.8 Å². The van der Waals surface area contributed by atoms with Gasteiger partial charge in [-0.3, -0.25) is 0 Å². The minimum Gasteiger partial charge on any atom is -0.495 e. The van der Waals surface area contributed by atoms with E-state index >= 15 is 0 Å². The van der Waals surface area contributed by atoms with E-state index < -0.39 is 0 Å². The summed E-state index contributed by atoms with van der Waals surface area (Å²) in [7, 11) is 5.37. The van der Waals surface area contributed by atoms with E-state index in [4.69, 9.17) is 4.74 Å². The zero-order valence-electron chi connectivity index (χ0n) is 12.0. The highest BCUT2D eigenvalue weighted by molar-refractivity contribution is 5.69. The SMILES string of the molecule is CNCc1cc(F)cc(N(C)c2ccccc2OC)c1. The first-order valence-electron chi connectivity index (χ1n) is 6.46. The molecule has 0 saturated carbocycles. The van der Waals surface area contributed by atoms with Crippen molar-refractivity contribution in [3.8, 4) is 5.75 Å². The Morgan fingerprint density at radius 2 is 1.95 bits per heavy atom. The van der Waals surface area contributed by atoms with Crippen LogP contribution in [0.25, 0.3) is 0 Å². The standard InChI is InChI=1S/C16H19FN2O/c1-18-11-12-8-13(17)10-14(9-12)19(2)15-6-4-5-7-16(15)20-3/h4-10,18H,11H2,1-3H3. The minimum absolute atomic E-state index is 0.241. The topological polar surface area (TPSA) is 24.5 Å². The average molecular weight is 274 g/mol. The van der Waals surface area contributed by atoms with Crippen molar-refractivity contribution in [2.45, 2.75) is 6.54 Å². The van der Waals surface area contributed by atoms with Gasteiger partial charge in [0.25, 0.3) is 0 Å². The molecule has 0 atom stereocenters. The monoisotopic (exact) mass is 274 g/mol. The number of benzene rings is 2. The van der Waals surface area contributed by atoms with Gasteiger partial charge >= 0.3 is 0 Å². The second-order valence-corrected chi connectivity index (χ2v) is 4.58. The van der Waals surface area contributed by atoms with Gasteiger partial charge in [0.05, 0.1) is 12.8 Å². The van der Waals surface area contributed by atoms with Crippen molar-refractivity contribution in [2.75, 3.05) is 26.1 Å². The van der Waals surface area contributed by atoms with E-state index in [2.05, 4.69) is 5.32 Å². The smallest absolute Gasteiger partial charge is 0.142 e. The van der Waals surface area contributed by atoms with Gasteiger partial charge in [-0.2, -0.15) is 0 Å². The molecule has 0 aliphatic carbocycles. The molecule has 0 saturated heterocycles. The van der Waals surface area contributed by atoms with Crippen molar-refractivity contribution < 1.29 is 9.13 Å². The Kier molecular flexibility index (Phi) is 4.58. The van der Waals surface area contributed by atoms with Gasteiger partial charge in [-0.1, -0.05) is 12.1 Å². The predicted molar refractivity (Wildman–Crippen MR) is 80.2 cm³/mol. The lowest BCUT2D eigenvalue weighted by atomic mass is 10.1. The third kappa shape index (κ3) is 3.08. The van der Waals surface area contributed by atoms with Crippen LogP contribution in [0.15, 0.2) is 42.5 Å². The van der Waals surface area contributed by atoms with Crippen LogP contribution < -0.4 is 15.0 Å². The fraction of sp³-hybridized carbons (Fsp3) is 0.250. The molecule has 0 radical (unpaired) electrons. The van der Waals surface area contributed by atoms with Gasteiger partial charge in [0.15, 0.2) is 0 Å². The summed E-state index contributed by atoms with van der Waals surface area (Å²) in [5, 5.41) is 3.03. The molecule has 0 aromatic heterocycles. The maximum Gasteiger partial charge on any atom is 0.142 e. The second-order valence-electron chi connectivity index (χ2n) is 4.58. The number of rotatable bonds is 5. The molecule has 0 heterocycles. The summed E-state index contributed by atoms with van der Waals surface area (Å²) in [6, 6.07) is 12.7. The summed E-state index contributed by atoms with van der Waals surface area (Å²) in [5.74, 6) is 0.518. The Hall–Kier alpha value is -2.07. The first kappa shape index (κ1) is 14.3. The molecule has 0 aliphatic heterocycles. The van der Waals surface area contributed by atoms with E-state index in [1.165, 1.54) is 12.1 Å². The van der Waals surface area contributed by atoms with Crippen molar-refractivity contribution in [3.63, 3.8) is 0 Å². The van der Waals surface area contributed by atoms with Crippen molar-refractivity contribution in [1.82, 2.24) is 5.32 Å². The highest BCUT2D eigenvalue weighted by Gasteiger charge is 2.11. The van der Waals surface area contributed by atoms with Crippen LogP contribution in [-0.4, -0.2) is 21.2 Å². The van der Waals surface area contributed by atoms with Crippen molar-refractivity contribution >= 4 is 11.4 Å². The molecule has 0 unspecified atom stereocenters. The molecular formula is C16H19FN2O. The van der Waals surface area contributed by atoms with Gasteiger partial charge in [0, 0.05) is 19.3 Å². The Morgan fingerprint density at radius 3 is 2.65 bits per heavy atom. The molecule has 1 N–H and O–H groups in total. The van der Waals surface area contributed by atoms with E-state index in [0.717, 1.165) is 22.7 Å². The molecule has 106 valence electrons. The summed E-state index contributed by atoms with van der Waals surface area (Å²) >= 11 is 0. The number of nitrogens with one attached hydrogen (secondary N) is 1. The first-order chi connectivity index (χ1) is 9.65. The number of anilines is 2. The fourth-order valence-corrected chi connectivity index (χ4v) is 2.18. The van der Waals surface area contributed by atoms with Crippen LogP contribution in [-0.2, 0) is 6.54 Å². The molecule has 0 spiro atoms. The van der Waals surface area contributed by atoms with E-state index in [-0.39, 0.29) is 5.82 Å². The van der Waals surface area contributed by atoms with Crippen molar-refractivity contribution in [3.05, 3.63) is 53.8 Å². The summed E-state index contributed by atoms with van der Waals surface area (Å²) in [5.41, 5.74) is 2.60. The third-order valence-electron chi connectivity index (χ3n) is 3.16. The first-order valence-corrected chi connectivity index (χ1v) is 6.46. The van der Waals surface area contributed by atoms with Gasteiger partial charge in [0.2, 0.25) is 0 Å². The Labute approximate surface area is 119 Å². The van der Waals surface area contributed by atoms with Crippen molar-refractivity contribution in [2.24, 2.45) is 0 Å². The van der Waals surface area contributed by atoms with E-state index in [9.17, 15) is 4.39 Å². The molecule has 0 bridgehead atoms. The number of halogens is 1. The summed E-state index contributed by atoms with van der Waals surface area (Å²) < 4.78 is 19.1. The maximum atomic E-state index is 13.7. The van der Waals surface area contributed by atoms with Crippen LogP contribution in [0, 0.1) is 5.82 Å². The number of ether oxygens (including phenoxy) is 1. The second kappa shape index (κ2) is 6.39. The number of hydrogen-bond acceptors (Lipinski definition) is 3. The van der Waals surface area contributed by atoms with Crippen LogP contribution in [0.1, 0.15) is 5.56 Å². The molecular weight excluding hydrogens is 255 g/mol. The lowest BCUT2D eigenvalue weighted by Crippen LogP contribution is -2.12. The zero-order chi connectivity index (χ0) is 14.5. The van der Waals surface area contributed by atoms with Crippen LogP contribution in [0.2, 0.25) is 0 Å². The largest absolute Gasteiger partial charge is 0.495 e. The number of hydrogen-bond donors (Lipinski definition) is 1. The molecule has 0 aliphatic rings. The van der Waals surface area contributed by atoms with Crippen LogP contribution >= 0.6 is 0 Å². The molecule has 2 aromatic carbocycles. The quantitative estimate of drug-likeness (QED) is 0.905. The van der Waals surface area contributed by atoms with Gasteiger partial charge in [-0.15, -0.1) is 0 Å². The van der Waals surface area contributed by atoms with E-state index in [1.807, 2.05) is 49.3 Å². The number of para-hydroxylation sites is 2. The molecule has 0 fully saturated rings. The highest BCUT2D eigenvalue weighted by Crippen LogP contribution is 2.32. The molecule has 3 nitrogen and oxygen atoms in total. The average Bonchev–Trinajstić information content (AvgIpc) is 2.46. The van der Waals surface area contributed by atoms with E-state index in [1.54, 1.807) is 7.11 Å². The van der Waals surface area contributed by atoms with Gasteiger partial charge in [0.1, 0.15) is 11.6 Å². The van der Waals surface area contributed by atoms with Crippen LogP contribution in [0.5, 0.6) is 5.75 Å². The zero-order valence-corrected chi connectivity index (χ0v) is 12.0. The Morgan fingerprint density at radius 1 is 1.20 bits per heavy atom. The van der Waals surface area contributed by atoms with Gasteiger partial charge < -0.3 is 15.0 Å². The minimum atomic E-state index is -0.241. The number of methoxy groups -OCH3 is 1. The van der Waals surface area contributed by atoms with Crippen LogP contribution in [0.3, 0.4) is 0 Å². The van der Waals surface area contributed by atoms with Gasteiger partial charge in [-0.25, -0.2) is 4.39 Å². The highest BCUT2D eigenvalue weighted by atomic mass is 19.1. The lowest BCUT2D eigenvalue weighted by molar-refractivity contribution is 0.415. The normalized spacial score (nSPS) is 10.4. The Balaban J connectivity index is 2.39. The number of nitrogens with zero attached hydrogens (tertiary/aromatic N) is 1. The predicted octanol–water partition coefficient (Wildman–Crippen LogP) is 3.32. The summed E-state index contributed by atoms with van der Waals surface area (Å²) in [6.07, 6.45) is 0. The van der Waals surface area contributed by atoms with Gasteiger partial charge in [-0.05, 0) is 42.9 Å². The summed E-state index contributed by atoms with van der Waals surface area (Å²) in [4.78, 5) is 1.92. The lowest BCUT2D eigenvalue weighted by Gasteiger charge is -2.22.